The molecule has 0 unspecified atom stereocenters. The van der Waals surface area contributed by atoms with Crippen molar-refractivity contribution in [3.8, 4) is 17.1 Å². The van der Waals surface area contributed by atoms with Gasteiger partial charge in [-0.05, 0) is 44.9 Å². The smallest absolute Gasteiger partial charge is 0.416 e. The summed E-state index contributed by atoms with van der Waals surface area (Å²) < 4.78 is 39.4. The van der Waals surface area contributed by atoms with Gasteiger partial charge in [-0.3, -0.25) is 9.36 Å². The number of phenols is 1. The lowest BCUT2D eigenvalue weighted by Crippen LogP contribution is -2.51. The average molecular weight is 397 g/mol. The highest BCUT2D eigenvalue weighted by molar-refractivity contribution is 5.65. The second kappa shape index (κ2) is 7.08. The minimum atomic E-state index is -4.58. The van der Waals surface area contributed by atoms with Crippen molar-refractivity contribution < 1.29 is 18.3 Å². The number of alkyl halides is 3. The third kappa shape index (κ3) is 4.11. The van der Waals surface area contributed by atoms with Gasteiger partial charge in [-0.1, -0.05) is 0 Å². The second-order valence-corrected chi connectivity index (χ2v) is 7.61. The third-order valence-corrected chi connectivity index (χ3v) is 4.92. The zero-order valence-corrected chi connectivity index (χ0v) is 15.8. The number of halogens is 3. The van der Waals surface area contributed by atoms with Crippen LogP contribution in [0.4, 0.5) is 19.0 Å². The Hall–Kier alpha value is -2.62. The molecule has 0 spiro atoms. The standard InChI is InChI=1S/C18H22F3N5O2/c1-17(2)7-6-11(9-22-17)23-14-16(28)26(3)15(25-24-14)12-5-4-10(8-13(12)27)18(19,20)21/h4-5,8,11,22,27H,6-7,9H2,1-3H3,(H,23,24)/t11-/m1/s1. The Morgan fingerprint density at radius 2 is 2.04 bits per heavy atom. The van der Waals surface area contributed by atoms with Crippen molar-refractivity contribution in [1.29, 1.82) is 0 Å². The first kappa shape index (κ1) is 20.1. The average Bonchev–Trinajstić information content (AvgIpc) is 2.60. The minimum Gasteiger partial charge on any atom is -0.507 e. The van der Waals surface area contributed by atoms with Gasteiger partial charge in [0.1, 0.15) is 5.75 Å². The van der Waals surface area contributed by atoms with E-state index < -0.39 is 23.0 Å². The minimum absolute atomic E-state index is 0.00673. The molecule has 28 heavy (non-hydrogen) atoms. The van der Waals surface area contributed by atoms with Gasteiger partial charge in [-0.15, -0.1) is 10.2 Å². The van der Waals surface area contributed by atoms with Crippen molar-refractivity contribution in [2.75, 3.05) is 11.9 Å². The predicted molar refractivity (Wildman–Crippen MR) is 98.1 cm³/mol. The SMILES string of the molecule is Cn1c(-c2ccc(C(F)(F)F)cc2O)nnc(N[C@@H]2CCC(C)(C)NC2)c1=O. The van der Waals surface area contributed by atoms with E-state index in [-0.39, 0.29) is 28.8 Å². The Bertz CT molecular complexity index is 930. The van der Waals surface area contributed by atoms with Crippen molar-refractivity contribution >= 4 is 5.82 Å². The van der Waals surface area contributed by atoms with Crippen LogP contribution >= 0.6 is 0 Å². The van der Waals surface area contributed by atoms with E-state index in [2.05, 4.69) is 34.7 Å². The maximum Gasteiger partial charge on any atom is 0.416 e. The first-order chi connectivity index (χ1) is 13.0. The Labute approximate surface area is 159 Å². The fraction of sp³-hybridized carbons (Fsp3) is 0.500. The number of phenolic OH excluding ortho intramolecular Hbond substituents is 1. The number of nitrogens with zero attached hydrogens (tertiary/aromatic N) is 3. The Morgan fingerprint density at radius 3 is 2.61 bits per heavy atom. The van der Waals surface area contributed by atoms with Crippen LogP contribution in [0.3, 0.4) is 0 Å². The van der Waals surface area contributed by atoms with Gasteiger partial charge in [0, 0.05) is 25.2 Å². The highest BCUT2D eigenvalue weighted by Crippen LogP contribution is 2.35. The van der Waals surface area contributed by atoms with E-state index in [1.165, 1.54) is 7.05 Å². The van der Waals surface area contributed by atoms with Crippen molar-refractivity contribution in [3.05, 3.63) is 34.1 Å². The van der Waals surface area contributed by atoms with Gasteiger partial charge in [-0.25, -0.2) is 0 Å². The van der Waals surface area contributed by atoms with Crippen molar-refractivity contribution in [2.24, 2.45) is 7.05 Å². The molecule has 1 aromatic heterocycles. The molecule has 3 rings (SSSR count). The van der Waals surface area contributed by atoms with Crippen LogP contribution in [-0.2, 0) is 13.2 Å². The fourth-order valence-electron chi connectivity index (χ4n) is 3.13. The van der Waals surface area contributed by atoms with Crippen molar-refractivity contribution in [3.63, 3.8) is 0 Å². The zero-order valence-electron chi connectivity index (χ0n) is 15.8. The first-order valence-electron chi connectivity index (χ1n) is 8.84. The molecule has 2 heterocycles. The molecule has 1 saturated heterocycles. The Balaban J connectivity index is 1.86. The molecule has 1 aliphatic rings. The molecule has 0 aliphatic carbocycles. The van der Waals surface area contributed by atoms with Crippen LogP contribution in [-0.4, -0.2) is 38.0 Å². The number of hydrogen-bond donors (Lipinski definition) is 3. The molecule has 1 aromatic carbocycles. The molecule has 10 heteroatoms. The van der Waals surface area contributed by atoms with Gasteiger partial charge in [0.2, 0.25) is 5.82 Å². The summed E-state index contributed by atoms with van der Waals surface area (Å²) in [5, 5.41) is 24.3. The van der Waals surface area contributed by atoms with E-state index in [9.17, 15) is 23.1 Å². The van der Waals surface area contributed by atoms with Crippen LogP contribution in [0.1, 0.15) is 32.3 Å². The number of piperidine rings is 1. The maximum absolute atomic E-state index is 12.8. The summed E-state index contributed by atoms with van der Waals surface area (Å²) in [6.45, 7) is 4.88. The van der Waals surface area contributed by atoms with E-state index in [1.807, 2.05) is 0 Å². The van der Waals surface area contributed by atoms with E-state index >= 15 is 0 Å². The summed E-state index contributed by atoms with van der Waals surface area (Å²) >= 11 is 0. The van der Waals surface area contributed by atoms with Gasteiger partial charge in [0.25, 0.3) is 5.56 Å². The van der Waals surface area contributed by atoms with Crippen LogP contribution in [0, 0.1) is 0 Å². The summed E-state index contributed by atoms with van der Waals surface area (Å²) in [5.74, 6) is -0.590. The summed E-state index contributed by atoms with van der Waals surface area (Å²) in [6, 6.07) is 2.51. The quantitative estimate of drug-likeness (QED) is 0.737. The van der Waals surface area contributed by atoms with Gasteiger partial charge < -0.3 is 15.7 Å². The monoisotopic (exact) mass is 397 g/mol. The van der Waals surface area contributed by atoms with Crippen molar-refractivity contribution in [1.82, 2.24) is 20.1 Å². The second-order valence-electron chi connectivity index (χ2n) is 7.61. The predicted octanol–water partition coefficient (Wildman–Crippen LogP) is 2.51. The Kier molecular flexibility index (Phi) is 5.09. The highest BCUT2D eigenvalue weighted by Gasteiger charge is 2.31. The molecular weight excluding hydrogens is 375 g/mol. The van der Waals surface area contributed by atoms with E-state index in [0.717, 1.165) is 29.5 Å². The van der Waals surface area contributed by atoms with Crippen LogP contribution in [0.15, 0.2) is 23.0 Å². The van der Waals surface area contributed by atoms with Crippen molar-refractivity contribution in [2.45, 2.75) is 44.4 Å². The lowest BCUT2D eigenvalue weighted by molar-refractivity contribution is -0.137. The number of aromatic hydroxyl groups is 1. The molecule has 0 amide bonds. The summed E-state index contributed by atoms with van der Waals surface area (Å²) in [6.07, 6.45) is -2.80. The molecule has 1 atom stereocenters. The third-order valence-electron chi connectivity index (χ3n) is 4.92. The van der Waals surface area contributed by atoms with Gasteiger partial charge in [0.05, 0.1) is 11.1 Å². The molecule has 0 saturated carbocycles. The van der Waals surface area contributed by atoms with Crippen LogP contribution in [0.5, 0.6) is 5.75 Å². The molecule has 0 bridgehead atoms. The summed E-state index contributed by atoms with van der Waals surface area (Å²) in [7, 11) is 1.43. The molecule has 152 valence electrons. The summed E-state index contributed by atoms with van der Waals surface area (Å²) in [4.78, 5) is 12.6. The van der Waals surface area contributed by atoms with Gasteiger partial charge in [-0.2, -0.15) is 13.2 Å². The van der Waals surface area contributed by atoms with E-state index in [4.69, 9.17) is 0 Å². The number of hydrogen-bond acceptors (Lipinski definition) is 6. The molecule has 1 fully saturated rings. The van der Waals surface area contributed by atoms with Crippen LogP contribution in [0.2, 0.25) is 0 Å². The maximum atomic E-state index is 12.8. The number of nitrogens with one attached hydrogen (secondary N) is 2. The van der Waals surface area contributed by atoms with Crippen LogP contribution in [0.25, 0.3) is 11.4 Å². The fourth-order valence-corrected chi connectivity index (χ4v) is 3.13. The topological polar surface area (TPSA) is 92.1 Å². The molecular formula is C18H22F3N5O2. The normalized spacial score (nSPS) is 19.4. The van der Waals surface area contributed by atoms with Crippen LogP contribution < -0.4 is 16.2 Å². The molecule has 3 N–H and O–H groups in total. The van der Waals surface area contributed by atoms with Gasteiger partial charge in [0.15, 0.2) is 5.82 Å². The molecule has 2 aromatic rings. The number of anilines is 1. The highest BCUT2D eigenvalue weighted by atomic mass is 19.4. The lowest BCUT2D eigenvalue weighted by Gasteiger charge is -2.36. The molecule has 7 nitrogen and oxygen atoms in total. The Morgan fingerprint density at radius 1 is 1.32 bits per heavy atom. The number of rotatable bonds is 3. The van der Waals surface area contributed by atoms with Gasteiger partial charge >= 0.3 is 6.18 Å². The number of aromatic nitrogens is 3. The zero-order chi connectivity index (χ0) is 20.7. The number of benzene rings is 1. The lowest BCUT2D eigenvalue weighted by atomic mass is 9.91. The molecule has 0 radical (unpaired) electrons. The molecule has 1 aliphatic heterocycles. The largest absolute Gasteiger partial charge is 0.507 e. The van der Waals surface area contributed by atoms with E-state index in [0.29, 0.717) is 12.6 Å². The summed E-state index contributed by atoms with van der Waals surface area (Å²) in [5.41, 5.74) is -1.43. The van der Waals surface area contributed by atoms with E-state index in [1.54, 1.807) is 0 Å². The first-order valence-corrected chi connectivity index (χ1v) is 8.84.